The second kappa shape index (κ2) is 5.99. The maximum atomic E-state index is 6.29. The van der Waals surface area contributed by atoms with E-state index in [1.165, 1.54) is 0 Å². The Morgan fingerprint density at radius 2 is 2.13 bits per heavy atom. The zero-order valence-electron chi connectivity index (χ0n) is 12.4. The molecule has 1 atom stereocenters. The molecule has 23 heavy (non-hydrogen) atoms. The van der Waals surface area contributed by atoms with Crippen LogP contribution in [-0.4, -0.2) is 35.7 Å². The molecule has 0 saturated carbocycles. The van der Waals surface area contributed by atoms with Crippen molar-refractivity contribution in [1.82, 2.24) is 29.1 Å². The van der Waals surface area contributed by atoms with Gasteiger partial charge in [0.25, 0.3) is 0 Å². The monoisotopic (exact) mass is 444 g/mol. The van der Waals surface area contributed by atoms with E-state index in [0.29, 0.717) is 26.0 Å². The summed E-state index contributed by atoms with van der Waals surface area (Å²) in [7, 11) is 1.94. The molecule has 0 amide bonds. The molecule has 120 valence electrons. The number of rotatable bonds is 2. The van der Waals surface area contributed by atoms with E-state index in [0.717, 1.165) is 31.7 Å². The van der Waals surface area contributed by atoms with Crippen molar-refractivity contribution in [2.75, 3.05) is 6.61 Å². The van der Waals surface area contributed by atoms with Crippen LogP contribution in [0.1, 0.15) is 25.5 Å². The fraction of sp³-hybridized carbons (Fsp3) is 0.429. The van der Waals surface area contributed by atoms with Crippen molar-refractivity contribution in [2.45, 2.75) is 25.5 Å². The van der Waals surface area contributed by atoms with Gasteiger partial charge in [0.15, 0.2) is 26.3 Å². The third-order valence-corrected chi connectivity index (χ3v) is 4.68. The minimum atomic E-state index is -0.109. The summed E-state index contributed by atoms with van der Waals surface area (Å²) in [6.45, 7) is 0.736. The highest BCUT2D eigenvalue weighted by Crippen LogP contribution is 2.33. The largest absolute Gasteiger partial charge is 0.358 e. The minimum Gasteiger partial charge on any atom is -0.358 e. The molecule has 1 saturated heterocycles. The molecule has 0 aromatic carbocycles. The van der Waals surface area contributed by atoms with Gasteiger partial charge in [0, 0.05) is 48.6 Å². The van der Waals surface area contributed by atoms with Gasteiger partial charge in [0.2, 0.25) is 0 Å². The number of hydrogen-bond donors (Lipinski definition) is 0. The highest BCUT2D eigenvalue weighted by atomic mass is 127. The van der Waals surface area contributed by atoms with Gasteiger partial charge in [-0.25, -0.2) is 19.9 Å². The second-order valence-electron chi connectivity index (χ2n) is 5.44. The molecule has 0 N–H and O–H groups in total. The topological polar surface area (TPSA) is 70.7 Å². The van der Waals surface area contributed by atoms with Gasteiger partial charge in [0.05, 0.1) is 0 Å². The lowest BCUT2D eigenvalue weighted by atomic mass is 10.2. The highest BCUT2D eigenvalue weighted by molar-refractivity contribution is 14.1. The number of aromatic nitrogens is 6. The van der Waals surface area contributed by atoms with E-state index < -0.39 is 0 Å². The lowest BCUT2D eigenvalue weighted by Crippen LogP contribution is -2.20. The van der Waals surface area contributed by atoms with Gasteiger partial charge in [0.1, 0.15) is 11.7 Å². The molecule has 9 heteroatoms. The van der Waals surface area contributed by atoms with Crippen molar-refractivity contribution in [1.29, 1.82) is 0 Å². The van der Waals surface area contributed by atoms with Crippen LogP contribution in [0.4, 0.5) is 0 Å². The third kappa shape index (κ3) is 2.62. The van der Waals surface area contributed by atoms with Gasteiger partial charge in [-0.3, -0.25) is 4.57 Å². The van der Waals surface area contributed by atoms with Crippen LogP contribution in [0.3, 0.4) is 0 Å². The molecule has 0 bridgehead atoms. The first-order valence-electron chi connectivity index (χ1n) is 7.35. The Bertz CT molecular complexity index is 870. The van der Waals surface area contributed by atoms with E-state index in [9.17, 15) is 0 Å². The highest BCUT2D eigenvalue weighted by Gasteiger charge is 2.27. The number of fused-ring (bicyclic) bond motifs is 1. The lowest BCUT2D eigenvalue weighted by molar-refractivity contribution is -0.0288. The van der Waals surface area contributed by atoms with Crippen LogP contribution in [0, 0.1) is 3.83 Å². The Hall–Kier alpha value is -1.26. The first kappa shape index (κ1) is 15.3. The third-order valence-electron chi connectivity index (χ3n) is 3.93. The first-order chi connectivity index (χ1) is 11.1. The van der Waals surface area contributed by atoms with Gasteiger partial charge < -0.3 is 9.30 Å². The minimum absolute atomic E-state index is 0.109. The van der Waals surface area contributed by atoms with E-state index >= 15 is 0 Å². The van der Waals surface area contributed by atoms with E-state index in [1.807, 2.05) is 22.4 Å². The van der Waals surface area contributed by atoms with Gasteiger partial charge in [-0.2, -0.15) is 0 Å². The molecule has 7 nitrogen and oxygen atoms in total. The van der Waals surface area contributed by atoms with Crippen molar-refractivity contribution in [3.05, 3.63) is 21.4 Å². The van der Waals surface area contributed by atoms with Gasteiger partial charge >= 0.3 is 0 Å². The standard InChI is InChI=1S/C14H14ClIN6O/c1-21-6-5-17-12(21)13-18-9-10(15)19-14(16)20-11(9)22(13)8-4-2-3-7-23-8/h5-6,8H,2-4,7H2,1H3. The van der Waals surface area contributed by atoms with Crippen LogP contribution < -0.4 is 0 Å². The van der Waals surface area contributed by atoms with Crippen LogP contribution in [0.5, 0.6) is 0 Å². The van der Waals surface area contributed by atoms with Gasteiger partial charge in [-0.15, -0.1) is 0 Å². The normalized spacial score (nSPS) is 18.7. The van der Waals surface area contributed by atoms with Crippen molar-refractivity contribution in [2.24, 2.45) is 7.05 Å². The average Bonchev–Trinajstić information content (AvgIpc) is 3.11. The maximum absolute atomic E-state index is 6.29. The molecule has 1 unspecified atom stereocenters. The predicted molar refractivity (Wildman–Crippen MR) is 94.1 cm³/mol. The summed E-state index contributed by atoms with van der Waals surface area (Å²) in [6.07, 6.45) is 6.63. The number of aryl methyl sites for hydroxylation is 1. The van der Waals surface area contributed by atoms with Crippen LogP contribution in [0.25, 0.3) is 22.8 Å². The first-order valence-corrected chi connectivity index (χ1v) is 8.81. The molecule has 1 aliphatic heterocycles. The fourth-order valence-electron chi connectivity index (χ4n) is 2.85. The molecular formula is C14H14ClIN6O. The van der Waals surface area contributed by atoms with E-state index in [4.69, 9.17) is 16.3 Å². The van der Waals surface area contributed by atoms with Crippen LogP contribution in [0.15, 0.2) is 12.4 Å². The number of nitrogens with zero attached hydrogens (tertiary/aromatic N) is 6. The summed E-state index contributed by atoms with van der Waals surface area (Å²) in [5.41, 5.74) is 1.28. The van der Waals surface area contributed by atoms with Crippen molar-refractivity contribution in [3.63, 3.8) is 0 Å². The zero-order valence-corrected chi connectivity index (χ0v) is 15.3. The average molecular weight is 445 g/mol. The molecular weight excluding hydrogens is 431 g/mol. The molecule has 0 aliphatic carbocycles. The van der Waals surface area contributed by atoms with Crippen LogP contribution >= 0.6 is 34.2 Å². The predicted octanol–water partition coefficient (Wildman–Crippen LogP) is 3.18. The quantitative estimate of drug-likeness (QED) is 0.345. The number of hydrogen-bond acceptors (Lipinski definition) is 5. The Labute approximate surface area is 151 Å². The van der Waals surface area contributed by atoms with E-state index in [2.05, 4.69) is 42.5 Å². The van der Waals surface area contributed by atoms with Crippen molar-refractivity contribution >= 4 is 45.4 Å². The smallest absolute Gasteiger partial charge is 0.194 e. The molecule has 3 aromatic heterocycles. The fourth-order valence-corrected chi connectivity index (χ4v) is 3.67. The Morgan fingerprint density at radius 3 is 2.83 bits per heavy atom. The second-order valence-corrected chi connectivity index (χ2v) is 6.77. The van der Waals surface area contributed by atoms with Crippen LogP contribution in [-0.2, 0) is 11.8 Å². The molecule has 1 aliphatic rings. The Kier molecular flexibility index (Phi) is 3.98. The molecule has 4 heterocycles. The summed E-state index contributed by atoms with van der Waals surface area (Å²) < 4.78 is 10.5. The molecule has 0 spiro atoms. The van der Waals surface area contributed by atoms with Crippen molar-refractivity contribution < 1.29 is 4.74 Å². The van der Waals surface area contributed by atoms with Gasteiger partial charge in [-0.1, -0.05) is 11.6 Å². The van der Waals surface area contributed by atoms with E-state index in [-0.39, 0.29) is 6.23 Å². The number of halogens is 2. The SMILES string of the molecule is Cn1ccnc1-c1nc2c(Cl)nc(I)nc2n1C1CCCCO1. The van der Waals surface area contributed by atoms with E-state index in [1.54, 1.807) is 6.20 Å². The van der Waals surface area contributed by atoms with Crippen LogP contribution in [0.2, 0.25) is 5.15 Å². The number of ether oxygens (including phenoxy) is 1. The summed E-state index contributed by atoms with van der Waals surface area (Å²) in [6, 6.07) is 0. The summed E-state index contributed by atoms with van der Waals surface area (Å²) in [5.74, 6) is 1.46. The summed E-state index contributed by atoms with van der Waals surface area (Å²) in [5, 5.41) is 0.351. The molecule has 3 aromatic rings. The zero-order chi connectivity index (χ0) is 16.0. The van der Waals surface area contributed by atoms with Gasteiger partial charge in [-0.05, 0) is 19.3 Å². The lowest BCUT2D eigenvalue weighted by Gasteiger charge is -2.25. The molecule has 1 fully saturated rings. The Morgan fingerprint density at radius 1 is 1.26 bits per heavy atom. The molecule has 4 rings (SSSR count). The summed E-state index contributed by atoms with van der Waals surface area (Å²) >= 11 is 8.35. The summed E-state index contributed by atoms with van der Waals surface area (Å²) in [4.78, 5) is 17.8. The molecule has 0 radical (unpaired) electrons. The maximum Gasteiger partial charge on any atom is 0.194 e. The van der Waals surface area contributed by atoms with Crippen molar-refractivity contribution in [3.8, 4) is 11.6 Å². The Balaban J connectivity index is 2.00. The number of imidazole rings is 2.